The van der Waals surface area contributed by atoms with Crippen molar-refractivity contribution in [1.29, 1.82) is 0 Å². The summed E-state index contributed by atoms with van der Waals surface area (Å²) in [6.45, 7) is 7.93. The Labute approximate surface area is 402 Å². The summed E-state index contributed by atoms with van der Waals surface area (Å²) in [7, 11) is 0. The second kappa shape index (κ2) is 56.2. The van der Waals surface area contributed by atoms with Crippen LogP contribution in [0.3, 0.4) is 0 Å². The van der Waals surface area contributed by atoms with E-state index >= 15 is 0 Å². The third-order valence-corrected chi connectivity index (χ3v) is 13.6. The summed E-state index contributed by atoms with van der Waals surface area (Å²) in [5, 5.41) is 0. The van der Waals surface area contributed by atoms with E-state index in [0.717, 1.165) is 32.1 Å². The molecule has 0 aliphatic carbocycles. The number of hydrogen-bond donors (Lipinski definition) is 0. The monoisotopic (exact) mass is 905 g/mol. The Morgan fingerprint density at radius 1 is 0.281 bits per heavy atom. The Hall–Kier alpha value is -1.10. The van der Waals surface area contributed by atoms with Gasteiger partial charge in [0, 0.05) is 19.4 Å². The molecule has 1 atom stereocenters. The SMILES string of the molecule is CCCCCCCCCCCCCCCCCCCC(=O)O[C@H](COCCCCCCCCCCCCCCCCCC)COC(=O)CCCCCCCCCCCCCCCCC. The van der Waals surface area contributed by atoms with Crippen molar-refractivity contribution < 1.29 is 23.8 Å². The zero-order valence-corrected chi connectivity index (χ0v) is 44.1. The molecule has 0 fully saturated rings. The maximum atomic E-state index is 12.9. The lowest BCUT2D eigenvalue weighted by atomic mass is 10.0. The third-order valence-electron chi connectivity index (χ3n) is 13.6. The van der Waals surface area contributed by atoms with E-state index < -0.39 is 6.10 Å². The molecule has 0 aliphatic rings. The van der Waals surface area contributed by atoms with Crippen molar-refractivity contribution in [3.05, 3.63) is 0 Å². The van der Waals surface area contributed by atoms with Crippen LogP contribution in [0.5, 0.6) is 0 Å². The van der Waals surface area contributed by atoms with Gasteiger partial charge < -0.3 is 14.2 Å². The highest BCUT2D eigenvalue weighted by Crippen LogP contribution is 2.18. The molecule has 0 radical (unpaired) electrons. The van der Waals surface area contributed by atoms with E-state index in [0.29, 0.717) is 26.1 Å². The van der Waals surface area contributed by atoms with Gasteiger partial charge in [0.2, 0.25) is 0 Å². The number of esters is 2. The highest BCUT2D eigenvalue weighted by atomic mass is 16.6. The average Bonchev–Trinajstić information content (AvgIpc) is 3.30. The summed E-state index contributed by atoms with van der Waals surface area (Å²) < 4.78 is 17.5. The van der Waals surface area contributed by atoms with E-state index in [-0.39, 0.29) is 18.5 Å². The molecule has 0 N–H and O–H groups in total. The zero-order chi connectivity index (χ0) is 46.3. The third kappa shape index (κ3) is 53.5. The van der Waals surface area contributed by atoms with Crippen LogP contribution in [0.4, 0.5) is 0 Å². The summed E-state index contributed by atoms with van der Waals surface area (Å²) in [6.07, 6.45) is 64.1. The van der Waals surface area contributed by atoms with Gasteiger partial charge in [-0.1, -0.05) is 310 Å². The molecule has 0 rings (SSSR count). The van der Waals surface area contributed by atoms with Crippen LogP contribution in [0, 0.1) is 0 Å². The lowest BCUT2D eigenvalue weighted by Gasteiger charge is -2.18. The lowest BCUT2D eigenvalue weighted by Crippen LogP contribution is -2.30. The van der Waals surface area contributed by atoms with Crippen LogP contribution >= 0.6 is 0 Å². The fourth-order valence-electron chi connectivity index (χ4n) is 9.22. The smallest absolute Gasteiger partial charge is 0.306 e. The topological polar surface area (TPSA) is 61.8 Å². The van der Waals surface area contributed by atoms with E-state index in [1.54, 1.807) is 0 Å². The molecule has 0 aliphatic heterocycles. The molecule has 0 aromatic heterocycles. The largest absolute Gasteiger partial charge is 0.462 e. The normalized spacial score (nSPS) is 12.0. The molecular weight excluding hydrogens is 789 g/mol. The second-order valence-electron chi connectivity index (χ2n) is 20.3. The van der Waals surface area contributed by atoms with Gasteiger partial charge >= 0.3 is 11.9 Å². The molecule has 0 bridgehead atoms. The number of carbonyl (C=O) groups is 2. The van der Waals surface area contributed by atoms with Gasteiger partial charge in [-0.25, -0.2) is 0 Å². The molecular formula is C59H116O5. The Morgan fingerprint density at radius 2 is 0.516 bits per heavy atom. The van der Waals surface area contributed by atoms with Crippen molar-refractivity contribution in [1.82, 2.24) is 0 Å². The number of unbranched alkanes of at least 4 members (excludes halogenated alkanes) is 45. The summed E-state index contributed by atoms with van der Waals surface area (Å²) in [6, 6.07) is 0. The quantitative estimate of drug-likeness (QED) is 0.0449. The Morgan fingerprint density at radius 3 is 0.797 bits per heavy atom. The number of ether oxygens (including phenoxy) is 3. The molecule has 0 amide bonds. The van der Waals surface area contributed by atoms with Crippen LogP contribution in [-0.4, -0.2) is 37.9 Å². The first-order valence-corrected chi connectivity index (χ1v) is 29.6. The van der Waals surface area contributed by atoms with Crippen LogP contribution in [-0.2, 0) is 23.8 Å². The van der Waals surface area contributed by atoms with Gasteiger partial charge in [0.15, 0.2) is 6.10 Å². The van der Waals surface area contributed by atoms with Crippen molar-refractivity contribution in [2.75, 3.05) is 19.8 Å². The molecule has 0 heterocycles. The Kier molecular flexibility index (Phi) is 55.3. The summed E-state index contributed by atoms with van der Waals surface area (Å²) in [4.78, 5) is 25.5. The summed E-state index contributed by atoms with van der Waals surface area (Å²) in [5.41, 5.74) is 0. The maximum Gasteiger partial charge on any atom is 0.306 e. The first-order valence-electron chi connectivity index (χ1n) is 29.6. The maximum absolute atomic E-state index is 12.9. The van der Waals surface area contributed by atoms with Crippen LogP contribution in [0.15, 0.2) is 0 Å². The van der Waals surface area contributed by atoms with Gasteiger partial charge in [-0.2, -0.15) is 0 Å². The fraction of sp³-hybridized carbons (Fsp3) is 0.966. The predicted molar refractivity (Wildman–Crippen MR) is 280 cm³/mol. The van der Waals surface area contributed by atoms with Crippen molar-refractivity contribution in [2.24, 2.45) is 0 Å². The predicted octanol–water partition coefficient (Wildman–Crippen LogP) is 20.0. The van der Waals surface area contributed by atoms with Crippen LogP contribution in [0.1, 0.15) is 342 Å². The van der Waals surface area contributed by atoms with E-state index in [9.17, 15) is 9.59 Å². The van der Waals surface area contributed by atoms with Gasteiger partial charge in [0.25, 0.3) is 0 Å². The molecule has 0 aromatic carbocycles. The van der Waals surface area contributed by atoms with E-state index in [1.807, 2.05) is 0 Å². The van der Waals surface area contributed by atoms with Gasteiger partial charge in [0.1, 0.15) is 6.61 Å². The summed E-state index contributed by atoms with van der Waals surface area (Å²) >= 11 is 0. The van der Waals surface area contributed by atoms with Gasteiger partial charge in [-0.3, -0.25) is 9.59 Å². The Bertz CT molecular complexity index is 891. The van der Waals surface area contributed by atoms with Gasteiger partial charge in [0.05, 0.1) is 6.61 Å². The Balaban J connectivity index is 4.18. The first kappa shape index (κ1) is 62.9. The van der Waals surface area contributed by atoms with Gasteiger partial charge in [-0.15, -0.1) is 0 Å². The molecule has 0 spiro atoms. The number of hydrogen-bond acceptors (Lipinski definition) is 5. The molecule has 0 saturated heterocycles. The molecule has 0 saturated carbocycles. The van der Waals surface area contributed by atoms with Crippen LogP contribution in [0.2, 0.25) is 0 Å². The molecule has 5 heteroatoms. The van der Waals surface area contributed by atoms with Crippen molar-refractivity contribution in [2.45, 2.75) is 348 Å². The zero-order valence-electron chi connectivity index (χ0n) is 44.1. The minimum absolute atomic E-state index is 0.0985. The lowest BCUT2D eigenvalue weighted by molar-refractivity contribution is -0.163. The molecule has 5 nitrogen and oxygen atoms in total. The highest BCUT2D eigenvalue weighted by Gasteiger charge is 2.18. The summed E-state index contributed by atoms with van der Waals surface area (Å²) in [5.74, 6) is -0.364. The molecule has 0 unspecified atom stereocenters. The molecule has 0 aromatic rings. The van der Waals surface area contributed by atoms with Crippen molar-refractivity contribution >= 4 is 11.9 Å². The van der Waals surface area contributed by atoms with Crippen LogP contribution < -0.4 is 0 Å². The highest BCUT2D eigenvalue weighted by molar-refractivity contribution is 5.70. The van der Waals surface area contributed by atoms with E-state index in [1.165, 1.54) is 276 Å². The second-order valence-corrected chi connectivity index (χ2v) is 20.3. The van der Waals surface area contributed by atoms with Crippen molar-refractivity contribution in [3.63, 3.8) is 0 Å². The van der Waals surface area contributed by atoms with Gasteiger partial charge in [-0.05, 0) is 19.3 Å². The molecule has 64 heavy (non-hydrogen) atoms. The van der Waals surface area contributed by atoms with Crippen molar-refractivity contribution in [3.8, 4) is 0 Å². The minimum atomic E-state index is -0.524. The van der Waals surface area contributed by atoms with Crippen LogP contribution in [0.25, 0.3) is 0 Å². The number of rotatable bonds is 56. The average molecular weight is 906 g/mol. The van der Waals surface area contributed by atoms with E-state index in [2.05, 4.69) is 20.8 Å². The standard InChI is InChI=1S/C59H116O5/c1-4-7-10-13-16-19-22-25-28-30-32-35-38-41-44-47-50-53-59(61)64-57(55-62-54-51-48-45-42-39-36-33-29-26-23-20-17-14-11-8-5-2)56-63-58(60)52-49-46-43-40-37-34-31-27-24-21-18-15-12-9-6-3/h57H,4-56H2,1-3H3/t57-/m1/s1. The number of carbonyl (C=O) groups excluding carboxylic acids is 2. The fourth-order valence-corrected chi connectivity index (χ4v) is 9.22. The molecule has 382 valence electrons. The van der Waals surface area contributed by atoms with E-state index in [4.69, 9.17) is 14.2 Å². The minimum Gasteiger partial charge on any atom is -0.462 e. The first-order chi connectivity index (χ1) is 31.6.